The maximum atomic E-state index is 13.4. The highest BCUT2D eigenvalue weighted by atomic mass is 35.5. The van der Waals surface area contributed by atoms with Crippen LogP contribution in [0.25, 0.3) is 11.1 Å². The number of hydrogen-bond donors (Lipinski definition) is 1. The Labute approximate surface area is 200 Å². The van der Waals surface area contributed by atoms with Crippen LogP contribution >= 0.6 is 23.2 Å². The summed E-state index contributed by atoms with van der Waals surface area (Å²) in [6, 6.07) is 14.9. The van der Waals surface area contributed by atoms with Gasteiger partial charge in [0.05, 0.1) is 6.26 Å². The molecular formula is C22H18Cl2N4O4S. The number of guanidine groups is 1. The third-order valence-corrected chi connectivity index (χ3v) is 6.04. The number of nitrogens with two attached hydrogens (primary N) is 1. The van der Waals surface area contributed by atoms with Gasteiger partial charge >= 0.3 is 10.1 Å². The molecule has 2 heterocycles. The molecule has 0 saturated carbocycles. The van der Waals surface area contributed by atoms with Crippen molar-refractivity contribution in [1.82, 2.24) is 9.88 Å². The molecule has 1 aliphatic rings. The van der Waals surface area contributed by atoms with Crippen LogP contribution < -0.4 is 9.92 Å². The van der Waals surface area contributed by atoms with Gasteiger partial charge in [-0.2, -0.15) is 8.42 Å². The van der Waals surface area contributed by atoms with E-state index >= 15 is 0 Å². The summed E-state index contributed by atoms with van der Waals surface area (Å²) in [4.78, 5) is 23.2. The van der Waals surface area contributed by atoms with Crippen LogP contribution in [0.5, 0.6) is 5.75 Å². The Balaban J connectivity index is 1.90. The molecule has 1 unspecified atom stereocenters. The number of benzene rings is 2. The van der Waals surface area contributed by atoms with Gasteiger partial charge in [-0.25, -0.2) is 9.98 Å². The number of rotatable bonds is 5. The van der Waals surface area contributed by atoms with Crippen molar-refractivity contribution in [1.29, 1.82) is 0 Å². The molecule has 0 bridgehead atoms. The van der Waals surface area contributed by atoms with Crippen LogP contribution in [-0.2, 0) is 20.5 Å². The number of aliphatic imine (C=N–C) groups is 1. The van der Waals surface area contributed by atoms with Crippen molar-refractivity contribution in [3.05, 3.63) is 82.1 Å². The molecule has 0 spiro atoms. The minimum absolute atomic E-state index is 0.0601. The third-order valence-electron chi connectivity index (χ3n) is 5.12. The van der Waals surface area contributed by atoms with Crippen LogP contribution in [-0.4, -0.2) is 43.5 Å². The summed E-state index contributed by atoms with van der Waals surface area (Å²) in [5, 5.41) is 0.489. The van der Waals surface area contributed by atoms with Gasteiger partial charge in [-0.1, -0.05) is 41.4 Å². The molecule has 2 N–H and O–H groups in total. The third kappa shape index (κ3) is 4.39. The smallest absolute Gasteiger partial charge is 0.306 e. The number of carbonyl (C=O) groups is 1. The average Bonchev–Trinajstić information content (AvgIpc) is 2.97. The maximum Gasteiger partial charge on any atom is 0.306 e. The number of nitrogens with zero attached hydrogens (tertiary/aromatic N) is 3. The van der Waals surface area contributed by atoms with Gasteiger partial charge in [0.25, 0.3) is 5.91 Å². The largest absolute Gasteiger partial charge is 0.383 e. The predicted octanol–water partition coefficient (Wildman–Crippen LogP) is 3.42. The minimum Gasteiger partial charge on any atom is -0.383 e. The lowest BCUT2D eigenvalue weighted by molar-refractivity contribution is -0.129. The SMILES string of the molecule is CN1C(=O)C(c2cccc(-c3cc(Cl)cc(OS(C)(=O)=O)c3)c2)(c2ccnc(Cl)c2)N=C1N. The lowest BCUT2D eigenvalue weighted by atomic mass is 9.82. The van der Waals surface area contributed by atoms with Crippen molar-refractivity contribution in [2.75, 3.05) is 13.3 Å². The molecular weight excluding hydrogens is 487 g/mol. The summed E-state index contributed by atoms with van der Waals surface area (Å²) in [5.74, 6) is -0.225. The van der Waals surface area contributed by atoms with Gasteiger partial charge in [0, 0.05) is 24.3 Å². The van der Waals surface area contributed by atoms with E-state index in [1.807, 2.05) is 0 Å². The zero-order valence-corrected chi connectivity index (χ0v) is 19.8. The second-order valence-corrected chi connectivity index (χ2v) is 9.85. The van der Waals surface area contributed by atoms with Gasteiger partial charge in [-0.15, -0.1) is 0 Å². The molecule has 2 aromatic carbocycles. The Morgan fingerprint density at radius 3 is 2.39 bits per heavy atom. The minimum atomic E-state index is -3.74. The lowest BCUT2D eigenvalue weighted by Crippen LogP contribution is -2.41. The molecule has 0 saturated heterocycles. The topological polar surface area (TPSA) is 115 Å². The zero-order chi connectivity index (χ0) is 24.0. The Bertz CT molecular complexity index is 1410. The summed E-state index contributed by atoms with van der Waals surface area (Å²) in [5.41, 5.74) is 6.83. The number of aromatic nitrogens is 1. The summed E-state index contributed by atoms with van der Waals surface area (Å²) in [7, 11) is -2.20. The van der Waals surface area contributed by atoms with E-state index in [2.05, 4.69) is 9.98 Å². The highest BCUT2D eigenvalue weighted by Crippen LogP contribution is 2.41. The van der Waals surface area contributed by atoms with Crippen LogP contribution in [0.2, 0.25) is 10.2 Å². The average molecular weight is 505 g/mol. The van der Waals surface area contributed by atoms with Gasteiger partial charge in [-0.3, -0.25) is 9.69 Å². The van der Waals surface area contributed by atoms with Crippen LogP contribution in [0.1, 0.15) is 11.1 Å². The molecule has 0 radical (unpaired) electrons. The van der Waals surface area contributed by atoms with Gasteiger partial charge < -0.3 is 9.92 Å². The Morgan fingerprint density at radius 2 is 1.76 bits per heavy atom. The number of pyridine rings is 1. The maximum absolute atomic E-state index is 13.4. The van der Waals surface area contributed by atoms with E-state index in [1.165, 1.54) is 17.2 Å². The quantitative estimate of drug-likeness (QED) is 0.420. The van der Waals surface area contributed by atoms with Crippen LogP contribution in [0.4, 0.5) is 0 Å². The highest BCUT2D eigenvalue weighted by molar-refractivity contribution is 7.86. The molecule has 0 aliphatic carbocycles. The Hall–Kier alpha value is -3.14. The van der Waals surface area contributed by atoms with Gasteiger partial charge in [0.1, 0.15) is 10.9 Å². The molecule has 1 aromatic heterocycles. The molecule has 1 aliphatic heterocycles. The molecule has 1 amide bonds. The fourth-order valence-electron chi connectivity index (χ4n) is 3.69. The predicted molar refractivity (Wildman–Crippen MR) is 127 cm³/mol. The number of likely N-dealkylation sites (N-methyl/N-ethyl adjacent to an activating group) is 1. The first-order valence-electron chi connectivity index (χ1n) is 9.56. The van der Waals surface area contributed by atoms with E-state index in [0.29, 0.717) is 22.3 Å². The molecule has 8 nitrogen and oxygen atoms in total. The molecule has 1 atom stereocenters. The Morgan fingerprint density at radius 1 is 1.03 bits per heavy atom. The standard InChI is InChI=1S/C22H18Cl2N4O4S/c1-28-20(29)22(27-21(28)25,16-6-7-26-19(24)11-16)15-5-3-4-13(8-15)14-9-17(23)12-18(10-14)32-33(2,30)31/h3-12H,1-2H3,(H2,25,27). The fraction of sp³-hybridized carbons (Fsp3) is 0.136. The number of carbonyl (C=O) groups excluding carboxylic acids is 1. The van der Waals surface area contributed by atoms with Gasteiger partial charge in [0.2, 0.25) is 0 Å². The van der Waals surface area contributed by atoms with Gasteiger partial charge in [0.15, 0.2) is 11.5 Å². The number of hydrogen-bond acceptors (Lipinski definition) is 7. The highest BCUT2D eigenvalue weighted by Gasteiger charge is 2.49. The van der Waals surface area contributed by atoms with E-state index < -0.39 is 15.7 Å². The molecule has 0 fully saturated rings. The number of amides is 1. The number of halogens is 2. The Kier molecular flexibility index (Phi) is 5.81. The van der Waals surface area contributed by atoms with Crippen molar-refractivity contribution in [3.63, 3.8) is 0 Å². The lowest BCUT2D eigenvalue weighted by Gasteiger charge is -2.26. The van der Waals surface area contributed by atoms with E-state index in [-0.39, 0.29) is 27.8 Å². The first-order chi connectivity index (χ1) is 15.5. The second-order valence-electron chi connectivity index (χ2n) is 7.46. The summed E-state index contributed by atoms with van der Waals surface area (Å²) in [6.07, 6.45) is 2.44. The summed E-state index contributed by atoms with van der Waals surface area (Å²) in [6.45, 7) is 0. The van der Waals surface area contributed by atoms with E-state index in [4.69, 9.17) is 33.1 Å². The second kappa shape index (κ2) is 8.33. The molecule has 4 rings (SSSR count). The van der Waals surface area contributed by atoms with Crippen molar-refractivity contribution < 1.29 is 17.4 Å². The molecule has 11 heteroatoms. The van der Waals surface area contributed by atoms with Crippen LogP contribution in [0, 0.1) is 0 Å². The molecule has 170 valence electrons. The molecule has 33 heavy (non-hydrogen) atoms. The van der Waals surface area contributed by atoms with Crippen molar-refractivity contribution in [3.8, 4) is 16.9 Å². The van der Waals surface area contributed by atoms with Crippen molar-refractivity contribution in [2.24, 2.45) is 10.7 Å². The summed E-state index contributed by atoms with van der Waals surface area (Å²) < 4.78 is 28.1. The summed E-state index contributed by atoms with van der Waals surface area (Å²) >= 11 is 12.3. The fourth-order valence-corrected chi connectivity index (χ4v) is 4.53. The van der Waals surface area contributed by atoms with E-state index in [0.717, 1.165) is 6.26 Å². The van der Waals surface area contributed by atoms with Crippen molar-refractivity contribution in [2.45, 2.75) is 5.54 Å². The van der Waals surface area contributed by atoms with Gasteiger partial charge in [-0.05, 0) is 52.6 Å². The zero-order valence-electron chi connectivity index (χ0n) is 17.5. The monoisotopic (exact) mass is 504 g/mol. The normalized spacial score (nSPS) is 18.4. The van der Waals surface area contributed by atoms with Crippen molar-refractivity contribution >= 4 is 45.2 Å². The molecule has 3 aromatic rings. The van der Waals surface area contributed by atoms with Crippen LogP contribution in [0.15, 0.2) is 65.8 Å². The van der Waals surface area contributed by atoms with E-state index in [1.54, 1.807) is 55.6 Å². The van der Waals surface area contributed by atoms with Crippen LogP contribution in [0.3, 0.4) is 0 Å². The van der Waals surface area contributed by atoms with E-state index in [9.17, 15) is 13.2 Å². The first kappa shape index (κ1) is 23.0. The first-order valence-corrected chi connectivity index (χ1v) is 12.1.